The summed E-state index contributed by atoms with van der Waals surface area (Å²) in [5.41, 5.74) is 0. The van der Waals surface area contributed by atoms with Crippen molar-refractivity contribution in [3.05, 3.63) is 29.3 Å². The Bertz CT molecular complexity index is 649. The topological polar surface area (TPSA) is 84.5 Å². The highest BCUT2D eigenvalue weighted by atomic mass is 35.5. The van der Waals surface area contributed by atoms with Crippen LogP contribution in [0.4, 0.5) is 0 Å². The largest absolute Gasteiger partial charge is 0.381 e. The fourth-order valence-corrected chi connectivity index (χ4v) is 4.56. The van der Waals surface area contributed by atoms with Crippen molar-refractivity contribution < 1.29 is 17.9 Å². The number of nitrogens with one attached hydrogen (secondary N) is 2. The maximum Gasteiger partial charge on any atom is 0.241 e. The molecule has 1 aromatic carbocycles. The van der Waals surface area contributed by atoms with E-state index < -0.39 is 10.0 Å². The van der Waals surface area contributed by atoms with Gasteiger partial charge in [-0.1, -0.05) is 17.7 Å². The normalized spacial score (nSPS) is 16.0. The van der Waals surface area contributed by atoms with Gasteiger partial charge in [0.1, 0.15) is 0 Å². The summed E-state index contributed by atoms with van der Waals surface area (Å²) in [6.45, 7) is 1.82. The molecule has 0 spiro atoms. The molecule has 1 saturated heterocycles. The molecule has 1 fully saturated rings. The first-order valence-electron chi connectivity index (χ1n) is 7.68. The number of rotatable bonds is 8. The predicted molar refractivity (Wildman–Crippen MR) is 95.9 cm³/mol. The molecular weight excluding hydrogens is 372 g/mol. The van der Waals surface area contributed by atoms with Crippen LogP contribution in [-0.4, -0.2) is 51.6 Å². The molecule has 0 radical (unpaired) electrons. The number of hydrogen-bond acceptors (Lipinski definition) is 5. The molecule has 6 nitrogen and oxygen atoms in total. The molecule has 2 N–H and O–H groups in total. The van der Waals surface area contributed by atoms with E-state index in [1.165, 1.54) is 12.1 Å². The lowest BCUT2D eigenvalue weighted by molar-refractivity contribution is -0.119. The Morgan fingerprint density at radius 3 is 2.79 bits per heavy atom. The predicted octanol–water partition coefficient (Wildman–Crippen LogP) is 1.65. The molecule has 0 aromatic heterocycles. The van der Waals surface area contributed by atoms with Gasteiger partial charge in [0.25, 0.3) is 0 Å². The summed E-state index contributed by atoms with van der Waals surface area (Å²) in [6, 6.07) is 5.90. The highest BCUT2D eigenvalue weighted by Crippen LogP contribution is 2.21. The third-order valence-corrected chi connectivity index (χ3v) is 6.49. The lowest BCUT2D eigenvalue weighted by Gasteiger charge is -2.21. The van der Waals surface area contributed by atoms with Crippen LogP contribution < -0.4 is 10.0 Å². The lowest BCUT2D eigenvalue weighted by Crippen LogP contribution is -2.37. The summed E-state index contributed by atoms with van der Waals surface area (Å²) < 4.78 is 31.7. The summed E-state index contributed by atoms with van der Waals surface area (Å²) >= 11 is 7.59. The zero-order chi connectivity index (χ0) is 17.4. The molecule has 134 valence electrons. The second kappa shape index (κ2) is 9.62. The third-order valence-electron chi connectivity index (χ3n) is 3.48. The molecule has 0 bridgehead atoms. The summed E-state index contributed by atoms with van der Waals surface area (Å²) in [5.74, 6) is 0.449. The summed E-state index contributed by atoms with van der Waals surface area (Å²) in [4.78, 5) is 11.8. The summed E-state index contributed by atoms with van der Waals surface area (Å²) in [6.07, 6.45) is 2.08. The summed E-state index contributed by atoms with van der Waals surface area (Å²) in [7, 11) is -3.74. The molecule has 2 rings (SSSR count). The number of thioether (sulfide) groups is 1. The fraction of sp³-hybridized carbons (Fsp3) is 0.533. The van der Waals surface area contributed by atoms with Crippen molar-refractivity contribution in [2.45, 2.75) is 23.0 Å². The molecule has 0 unspecified atom stereocenters. The van der Waals surface area contributed by atoms with E-state index in [2.05, 4.69) is 10.0 Å². The van der Waals surface area contributed by atoms with E-state index >= 15 is 0 Å². The average molecular weight is 393 g/mol. The number of hydrogen-bond donors (Lipinski definition) is 2. The first-order chi connectivity index (χ1) is 11.5. The van der Waals surface area contributed by atoms with E-state index in [1.807, 2.05) is 11.8 Å². The molecule has 9 heteroatoms. The maximum atomic E-state index is 12.1. The molecule has 1 aliphatic rings. The van der Waals surface area contributed by atoms with E-state index in [-0.39, 0.29) is 17.3 Å². The van der Waals surface area contributed by atoms with Gasteiger partial charge in [0.05, 0.1) is 11.4 Å². The Labute approximate surface area is 151 Å². The zero-order valence-corrected chi connectivity index (χ0v) is 15.6. The Balaban J connectivity index is 1.67. The number of halogens is 1. The fourth-order valence-electron chi connectivity index (χ4n) is 2.20. The smallest absolute Gasteiger partial charge is 0.241 e. The van der Waals surface area contributed by atoms with Crippen molar-refractivity contribution in [2.24, 2.45) is 0 Å². The number of carbonyl (C=O) groups is 1. The molecule has 1 aromatic rings. The minimum Gasteiger partial charge on any atom is -0.381 e. The lowest BCUT2D eigenvalue weighted by atomic mass is 10.2. The van der Waals surface area contributed by atoms with Crippen LogP contribution in [-0.2, 0) is 19.6 Å². The van der Waals surface area contributed by atoms with Gasteiger partial charge in [0.2, 0.25) is 15.9 Å². The number of benzene rings is 1. The van der Waals surface area contributed by atoms with Crippen molar-refractivity contribution in [2.75, 3.05) is 32.1 Å². The average Bonchev–Trinajstić information content (AvgIpc) is 2.58. The van der Waals surface area contributed by atoms with Crippen molar-refractivity contribution in [1.82, 2.24) is 10.0 Å². The van der Waals surface area contributed by atoms with E-state index in [9.17, 15) is 13.2 Å². The molecule has 0 aliphatic carbocycles. The zero-order valence-electron chi connectivity index (χ0n) is 13.2. The minimum atomic E-state index is -3.74. The van der Waals surface area contributed by atoms with Crippen LogP contribution in [0.15, 0.2) is 29.2 Å². The number of sulfonamides is 1. The van der Waals surface area contributed by atoms with Gasteiger partial charge in [-0.2, -0.15) is 11.8 Å². The van der Waals surface area contributed by atoms with E-state index in [4.69, 9.17) is 16.3 Å². The molecule has 1 amide bonds. The molecule has 0 atom stereocenters. The van der Waals surface area contributed by atoms with E-state index in [0.717, 1.165) is 31.8 Å². The van der Waals surface area contributed by atoms with Crippen molar-refractivity contribution in [3.63, 3.8) is 0 Å². The van der Waals surface area contributed by atoms with Crippen LogP contribution in [0.2, 0.25) is 5.02 Å². The van der Waals surface area contributed by atoms with Crippen LogP contribution >= 0.6 is 23.4 Å². The quantitative estimate of drug-likeness (QED) is 0.657. The molecule has 0 saturated carbocycles. The second-order valence-electron chi connectivity index (χ2n) is 5.31. The summed E-state index contributed by atoms with van der Waals surface area (Å²) in [5, 5.41) is 3.62. The number of carbonyl (C=O) groups excluding carboxylic acids is 1. The number of amides is 1. The van der Waals surface area contributed by atoms with Crippen LogP contribution in [0, 0.1) is 0 Å². The van der Waals surface area contributed by atoms with E-state index in [1.54, 1.807) is 12.1 Å². The third kappa shape index (κ3) is 6.60. The van der Waals surface area contributed by atoms with E-state index in [0.29, 0.717) is 16.8 Å². The van der Waals surface area contributed by atoms with Crippen molar-refractivity contribution >= 4 is 39.3 Å². The van der Waals surface area contributed by atoms with Crippen molar-refractivity contribution in [1.29, 1.82) is 0 Å². The van der Waals surface area contributed by atoms with Gasteiger partial charge in [-0.25, -0.2) is 13.1 Å². The Morgan fingerprint density at radius 2 is 2.08 bits per heavy atom. The van der Waals surface area contributed by atoms with Crippen LogP contribution in [0.3, 0.4) is 0 Å². The SMILES string of the molecule is O=C(CNS(=O)(=O)c1cccc(Cl)c1)NCCSC1CCOCC1. The van der Waals surface area contributed by atoms with Gasteiger partial charge in [-0.05, 0) is 31.0 Å². The highest BCUT2D eigenvalue weighted by Gasteiger charge is 2.16. The second-order valence-corrected chi connectivity index (χ2v) is 8.93. The number of ether oxygens (including phenoxy) is 1. The standard InChI is InChI=1S/C15H21ClN2O4S2/c16-12-2-1-3-14(10-12)24(20,21)18-11-15(19)17-6-9-23-13-4-7-22-8-5-13/h1-3,10,13,18H,4-9,11H2,(H,17,19). The Morgan fingerprint density at radius 1 is 1.33 bits per heavy atom. The van der Waals surface area contributed by atoms with Gasteiger partial charge in [0, 0.05) is 35.8 Å². The van der Waals surface area contributed by atoms with Crippen molar-refractivity contribution in [3.8, 4) is 0 Å². The van der Waals surface area contributed by atoms with Gasteiger partial charge >= 0.3 is 0 Å². The van der Waals surface area contributed by atoms with Gasteiger partial charge in [-0.15, -0.1) is 0 Å². The first-order valence-corrected chi connectivity index (χ1v) is 10.6. The minimum absolute atomic E-state index is 0.0397. The van der Waals surface area contributed by atoms with Crippen LogP contribution in [0.1, 0.15) is 12.8 Å². The van der Waals surface area contributed by atoms with Gasteiger partial charge in [-0.3, -0.25) is 4.79 Å². The molecule has 1 aliphatic heterocycles. The molecule has 24 heavy (non-hydrogen) atoms. The Hall–Kier alpha value is -0.800. The molecular formula is C15H21ClN2O4S2. The van der Waals surface area contributed by atoms with Crippen LogP contribution in [0.5, 0.6) is 0 Å². The first kappa shape index (κ1) is 19.5. The van der Waals surface area contributed by atoms with Gasteiger partial charge < -0.3 is 10.1 Å². The van der Waals surface area contributed by atoms with Crippen LogP contribution in [0.25, 0.3) is 0 Å². The Kier molecular flexibility index (Phi) is 7.83. The monoisotopic (exact) mass is 392 g/mol. The highest BCUT2D eigenvalue weighted by molar-refractivity contribution is 7.99. The molecule has 1 heterocycles. The van der Waals surface area contributed by atoms with Gasteiger partial charge in [0.15, 0.2) is 0 Å². The maximum absolute atomic E-state index is 12.1.